The average molecular weight is 728 g/mol. The van der Waals surface area contributed by atoms with Crippen LogP contribution in [0.2, 0.25) is 0 Å². The first-order valence-electron chi connectivity index (χ1n) is 19.9. The van der Waals surface area contributed by atoms with Gasteiger partial charge in [-0.15, -0.1) is 0 Å². The molecule has 0 saturated carbocycles. The van der Waals surface area contributed by atoms with Crippen molar-refractivity contribution in [2.75, 3.05) is 0 Å². The van der Waals surface area contributed by atoms with E-state index in [2.05, 4.69) is 220 Å². The predicted octanol–water partition coefficient (Wildman–Crippen LogP) is 14.1. The van der Waals surface area contributed by atoms with Crippen LogP contribution in [0.25, 0.3) is 88.1 Å². The summed E-state index contributed by atoms with van der Waals surface area (Å²) in [5, 5.41) is 7.53. The van der Waals surface area contributed by atoms with E-state index in [9.17, 15) is 0 Å². The summed E-state index contributed by atoms with van der Waals surface area (Å²) >= 11 is 0. The minimum atomic E-state index is 0.315. The number of allylic oxidation sites excluding steroid dienone is 4. The van der Waals surface area contributed by atoms with Crippen LogP contribution < -0.4 is 0 Å². The Morgan fingerprint density at radius 2 is 0.789 bits per heavy atom. The Morgan fingerprint density at radius 1 is 0.351 bits per heavy atom. The first-order valence-corrected chi connectivity index (χ1v) is 19.9. The maximum atomic E-state index is 2.45. The van der Waals surface area contributed by atoms with Gasteiger partial charge in [0.15, 0.2) is 0 Å². The van der Waals surface area contributed by atoms with Gasteiger partial charge in [0, 0.05) is 55.3 Å². The summed E-state index contributed by atoms with van der Waals surface area (Å²) in [6, 6.07) is 69.0. The van der Waals surface area contributed by atoms with E-state index < -0.39 is 0 Å². The lowest BCUT2D eigenvalue weighted by molar-refractivity contribution is 0.855. The van der Waals surface area contributed by atoms with Crippen molar-refractivity contribution in [3.63, 3.8) is 0 Å². The standard InChI is InChI=1S/C54H37N3/c1-2-14-36(15-3-1)37-16-12-17-38(32-37)39-18-13-19-40(33-39)55-51-26-10-6-22-45(51)47-35-42(29-30-53(47)55)57-52-27-11-7-23-46(52)48-34-41(28-31-54(48)57)56-49-24-8-4-20-43(49)44-21-5-9-25-50(44)56/h1-16,18-35,38H,17H2. The first kappa shape index (κ1) is 31.9. The number of aromatic nitrogens is 3. The average Bonchev–Trinajstić information content (AvgIpc) is 3.92. The highest BCUT2D eigenvalue weighted by atomic mass is 15.0. The van der Waals surface area contributed by atoms with Crippen LogP contribution in [0.3, 0.4) is 0 Å². The highest BCUT2D eigenvalue weighted by Crippen LogP contribution is 2.40. The molecule has 0 radical (unpaired) electrons. The summed E-state index contributed by atoms with van der Waals surface area (Å²) in [5.41, 5.74) is 14.6. The largest absolute Gasteiger partial charge is 0.309 e. The van der Waals surface area contributed by atoms with Gasteiger partial charge in [0.1, 0.15) is 0 Å². The van der Waals surface area contributed by atoms with Gasteiger partial charge in [0.05, 0.1) is 33.1 Å². The Kier molecular flexibility index (Phi) is 7.05. The van der Waals surface area contributed by atoms with E-state index in [1.807, 2.05) is 0 Å². The lowest BCUT2D eigenvalue weighted by Gasteiger charge is -2.19. The molecule has 1 unspecified atom stereocenters. The number of nitrogens with zero attached hydrogens (tertiary/aromatic N) is 3. The molecule has 3 aromatic heterocycles. The van der Waals surface area contributed by atoms with Gasteiger partial charge in [0.25, 0.3) is 0 Å². The molecule has 12 rings (SSSR count). The molecule has 0 fully saturated rings. The molecule has 1 aliphatic carbocycles. The molecule has 11 aromatic rings. The minimum absolute atomic E-state index is 0.315. The molecular weight excluding hydrogens is 691 g/mol. The van der Waals surface area contributed by atoms with E-state index in [0.29, 0.717) is 5.92 Å². The molecule has 0 amide bonds. The molecule has 57 heavy (non-hydrogen) atoms. The summed E-state index contributed by atoms with van der Waals surface area (Å²) in [7, 11) is 0. The van der Waals surface area contributed by atoms with E-state index in [4.69, 9.17) is 0 Å². The van der Waals surface area contributed by atoms with Crippen LogP contribution in [-0.2, 0) is 0 Å². The molecule has 1 aliphatic rings. The van der Waals surface area contributed by atoms with Crippen LogP contribution >= 0.6 is 0 Å². The third-order valence-electron chi connectivity index (χ3n) is 12.1. The Balaban J connectivity index is 1.01. The summed E-state index contributed by atoms with van der Waals surface area (Å²) < 4.78 is 7.30. The molecule has 3 heterocycles. The highest BCUT2D eigenvalue weighted by molar-refractivity contribution is 6.14. The van der Waals surface area contributed by atoms with Gasteiger partial charge in [-0.25, -0.2) is 0 Å². The number of hydrogen-bond donors (Lipinski definition) is 0. The number of rotatable bonds is 5. The van der Waals surface area contributed by atoms with Crippen LogP contribution in [0.5, 0.6) is 0 Å². The van der Waals surface area contributed by atoms with E-state index in [-0.39, 0.29) is 0 Å². The van der Waals surface area contributed by atoms with Crippen LogP contribution in [0, 0.1) is 0 Å². The fourth-order valence-electron chi connectivity index (χ4n) is 9.59. The molecule has 8 aromatic carbocycles. The molecule has 0 bridgehead atoms. The van der Waals surface area contributed by atoms with E-state index >= 15 is 0 Å². The Labute approximate surface area is 330 Å². The summed E-state index contributed by atoms with van der Waals surface area (Å²) in [6.45, 7) is 0. The van der Waals surface area contributed by atoms with Crippen LogP contribution in [0.15, 0.2) is 206 Å². The van der Waals surface area contributed by atoms with Gasteiger partial charge < -0.3 is 13.7 Å². The quantitative estimate of drug-likeness (QED) is 0.168. The zero-order chi connectivity index (χ0) is 37.5. The zero-order valence-corrected chi connectivity index (χ0v) is 31.3. The van der Waals surface area contributed by atoms with Gasteiger partial charge in [-0.2, -0.15) is 0 Å². The zero-order valence-electron chi connectivity index (χ0n) is 31.3. The monoisotopic (exact) mass is 727 g/mol. The van der Waals surface area contributed by atoms with Crippen molar-refractivity contribution in [2.24, 2.45) is 0 Å². The normalized spacial score (nSPS) is 14.5. The van der Waals surface area contributed by atoms with Crippen molar-refractivity contribution in [1.82, 2.24) is 13.7 Å². The van der Waals surface area contributed by atoms with Crippen LogP contribution in [0.1, 0.15) is 23.5 Å². The predicted molar refractivity (Wildman–Crippen MR) is 240 cm³/mol. The lowest BCUT2D eigenvalue weighted by Crippen LogP contribution is -2.01. The van der Waals surface area contributed by atoms with Crippen LogP contribution in [-0.4, -0.2) is 13.7 Å². The maximum absolute atomic E-state index is 2.45. The van der Waals surface area contributed by atoms with Crippen molar-refractivity contribution in [3.8, 4) is 17.1 Å². The number of hydrogen-bond acceptors (Lipinski definition) is 0. The summed E-state index contributed by atoms with van der Waals surface area (Å²) in [6.07, 6.45) is 8.02. The third kappa shape index (κ3) is 4.92. The highest BCUT2D eigenvalue weighted by Gasteiger charge is 2.20. The van der Waals surface area contributed by atoms with Gasteiger partial charge in [-0.1, -0.05) is 133 Å². The van der Waals surface area contributed by atoms with E-state index in [1.165, 1.54) is 93.5 Å². The maximum Gasteiger partial charge on any atom is 0.0542 e. The van der Waals surface area contributed by atoms with Crippen molar-refractivity contribution in [3.05, 3.63) is 217 Å². The SMILES string of the molecule is C1=CC(c2ccccc2)=CC(c2cccc(-n3c4ccccc4c4cc(-n5c6ccccc6c6cc(-n7c8ccccc8c8ccccc87)ccc65)ccc43)c2)C1. The minimum Gasteiger partial charge on any atom is -0.309 e. The lowest BCUT2D eigenvalue weighted by atomic mass is 9.87. The molecule has 0 saturated heterocycles. The van der Waals surface area contributed by atoms with Crippen molar-refractivity contribution in [2.45, 2.75) is 12.3 Å². The summed E-state index contributed by atoms with van der Waals surface area (Å²) in [4.78, 5) is 0. The smallest absolute Gasteiger partial charge is 0.0542 e. The topological polar surface area (TPSA) is 14.8 Å². The fraction of sp³-hybridized carbons (Fsp3) is 0.0370. The Hall–Kier alpha value is -7.36. The third-order valence-corrected chi connectivity index (χ3v) is 12.1. The molecule has 1 atom stereocenters. The molecule has 268 valence electrons. The van der Waals surface area contributed by atoms with Gasteiger partial charge in [0.2, 0.25) is 0 Å². The van der Waals surface area contributed by atoms with Crippen molar-refractivity contribution in [1.29, 1.82) is 0 Å². The Bertz CT molecular complexity index is 3390. The second-order valence-electron chi connectivity index (χ2n) is 15.3. The molecular formula is C54H37N3. The number of benzene rings is 8. The second-order valence-corrected chi connectivity index (χ2v) is 15.3. The van der Waals surface area contributed by atoms with Gasteiger partial charge in [-0.05, 0) is 95.9 Å². The molecule has 0 aliphatic heterocycles. The van der Waals surface area contributed by atoms with Crippen molar-refractivity contribution < 1.29 is 0 Å². The van der Waals surface area contributed by atoms with E-state index in [0.717, 1.165) is 12.1 Å². The van der Waals surface area contributed by atoms with Gasteiger partial charge >= 0.3 is 0 Å². The first-order chi connectivity index (χ1) is 28.3. The molecule has 3 nitrogen and oxygen atoms in total. The fourth-order valence-corrected chi connectivity index (χ4v) is 9.59. The number of fused-ring (bicyclic) bond motifs is 9. The molecule has 0 spiro atoms. The second kappa shape index (κ2) is 12.6. The van der Waals surface area contributed by atoms with Gasteiger partial charge in [-0.3, -0.25) is 0 Å². The Morgan fingerprint density at radius 3 is 1.32 bits per heavy atom. The summed E-state index contributed by atoms with van der Waals surface area (Å²) in [5.74, 6) is 0.315. The van der Waals surface area contributed by atoms with Crippen LogP contribution in [0.4, 0.5) is 0 Å². The molecule has 3 heteroatoms. The van der Waals surface area contributed by atoms with Crippen molar-refractivity contribution >= 4 is 71.0 Å². The number of para-hydroxylation sites is 4. The molecule has 0 N–H and O–H groups in total. The van der Waals surface area contributed by atoms with E-state index in [1.54, 1.807) is 0 Å².